The van der Waals surface area contributed by atoms with Gasteiger partial charge in [0, 0.05) is 44.1 Å². The highest BCUT2D eigenvalue weighted by atomic mass is 16.1. The highest BCUT2D eigenvalue weighted by Gasteiger charge is 2.07. The Hall–Kier alpha value is -1.84. The van der Waals surface area contributed by atoms with Crippen molar-refractivity contribution in [3.63, 3.8) is 0 Å². The third-order valence-corrected chi connectivity index (χ3v) is 3.16. The number of carbonyl (C=O) groups is 4. The lowest BCUT2D eigenvalue weighted by Crippen LogP contribution is -2.04. The zero-order chi connectivity index (χ0) is 17.0. The van der Waals surface area contributed by atoms with Crippen LogP contribution in [0.5, 0.6) is 0 Å². The molecular weight excluding hydrogens is 280 g/mol. The zero-order valence-electron chi connectivity index (χ0n) is 13.8. The minimum Gasteiger partial charge on any atom is -0.300 e. The van der Waals surface area contributed by atoms with Crippen molar-refractivity contribution < 1.29 is 19.2 Å². The molecule has 0 bridgehead atoms. The van der Waals surface area contributed by atoms with Gasteiger partial charge in [0.1, 0.15) is 11.6 Å². The third-order valence-electron chi connectivity index (χ3n) is 3.16. The molecule has 0 aromatic rings. The molecule has 0 aliphatic carbocycles. The van der Waals surface area contributed by atoms with Crippen molar-refractivity contribution in [3.8, 4) is 0 Å². The van der Waals surface area contributed by atoms with E-state index in [9.17, 15) is 19.2 Å². The monoisotopic (exact) mass is 306 g/mol. The van der Waals surface area contributed by atoms with Gasteiger partial charge in [0.25, 0.3) is 0 Å². The van der Waals surface area contributed by atoms with Gasteiger partial charge in [-0.3, -0.25) is 19.2 Å². The number of hydrogen-bond acceptors (Lipinski definition) is 4. The smallest absolute Gasteiger partial charge is 0.162 e. The lowest BCUT2D eigenvalue weighted by atomic mass is 10.0. The molecule has 4 heteroatoms. The van der Waals surface area contributed by atoms with Crippen molar-refractivity contribution in [3.05, 3.63) is 23.8 Å². The molecule has 0 radical (unpaired) electrons. The summed E-state index contributed by atoms with van der Waals surface area (Å²) in [7, 11) is 0. The highest BCUT2D eigenvalue weighted by Crippen LogP contribution is 2.07. The van der Waals surface area contributed by atoms with Crippen LogP contribution in [0.25, 0.3) is 0 Å². The zero-order valence-corrected chi connectivity index (χ0v) is 13.8. The lowest BCUT2D eigenvalue weighted by Gasteiger charge is -2.00. The first-order valence-electron chi connectivity index (χ1n) is 7.92. The maximum atomic E-state index is 11.7. The van der Waals surface area contributed by atoms with Crippen molar-refractivity contribution in [2.24, 2.45) is 0 Å². The molecule has 0 aliphatic heterocycles. The molecule has 0 atom stereocenters. The number of allylic oxidation sites excluding steroid dienone is 4. The predicted molar refractivity (Wildman–Crippen MR) is 86.6 cm³/mol. The molecule has 0 N–H and O–H groups in total. The summed E-state index contributed by atoms with van der Waals surface area (Å²) >= 11 is 0. The molecule has 0 aromatic heterocycles. The summed E-state index contributed by atoms with van der Waals surface area (Å²) in [4.78, 5) is 46.2. The van der Waals surface area contributed by atoms with Crippen molar-refractivity contribution >= 4 is 23.1 Å². The van der Waals surface area contributed by atoms with Gasteiger partial charge in [-0.2, -0.15) is 0 Å². The van der Waals surface area contributed by atoms with E-state index in [4.69, 9.17) is 0 Å². The van der Waals surface area contributed by atoms with Crippen molar-refractivity contribution in [1.29, 1.82) is 0 Å². The van der Waals surface area contributed by atoms with E-state index in [0.29, 0.717) is 24.8 Å². The summed E-state index contributed by atoms with van der Waals surface area (Å²) in [5, 5.41) is 0. The van der Waals surface area contributed by atoms with E-state index in [1.807, 2.05) is 6.92 Å². The summed E-state index contributed by atoms with van der Waals surface area (Å²) in [6.07, 6.45) is 7.11. The molecule has 0 unspecified atom stereocenters. The van der Waals surface area contributed by atoms with E-state index < -0.39 is 0 Å². The fraction of sp³-hybridized carbons (Fsp3) is 0.556. The van der Waals surface area contributed by atoms with Gasteiger partial charge in [0.05, 0.1) is 0 Å². The summed E-state index contributed by atoms with van der Waals surface area (Å²) in [5.74, 6) is -0.164. The molecule has 0 saturated carbocycles. The summed E-state index contributed by atoms with van der Waals surface area (Å²) in [6, 6.07) is 0. The van der Waals surface area contributed by atoms with E-state index in [2.05, 4.69) is 0 Å². The lowest BCUT2D eigenvalue weighted by molar-refractivity contribution is -0.123. The molecule has 0 spiro atoms. The summed E-state index contributed by atoms with van der Waals surface area (Å²) < 4.78 is 0. The third kappa shape index (κ3) is 9.16. The van der Waals surface area contributed by atoms with Gasteiger partial charge < -0.3 is 0 Å². The molecule has 0 rings (SSSR count). The predicted octanol–water partition coefficient (Wildman–Crippen LogP) is 3.54. The van der Waals surface area contributed by atoms with Crippen molar-refractivity contribution in [2.45, 2.75) is 65.7 Å². The quantitative estimate of drug-likeness (QED) is 0.408. The summed E-state index contributed by atoms with van der Waals surface area (Å²) in [5.41, 5.74) is 0.337. The topological polar surface area (TPSA) is 68.3 Å². The van der Waals surface area contributed by atoms with Gasteiger partial charge in [-0.15, -0.1) is 0 Å². The maximum absolute atomic E-state index is 11.7. The van der Waals surface area contributed by atoms with Gasteiger partial charge in [-0.1, -0.05) is 32.9 Å². The van der Waals surface area contributed by atoms with Gasteiger partial charge in [-0.05, 0) is 12.5 Å². The number of ketones is 4. The van der Waals surface area contributed by atoms with Crippen LogP contribution < -0.4 is 0 Å². The normalized spacial score (nSPS) is 11.7. The molecule has 0 heterocycles. The number of carbonyl (C=O) groups excluding carboxylic acids is 4. The second-order valence-electron chi connectivity index (χ2n) is 5.13. The largest absolute Gasteiger partial charge is 0.300 e. The van der Waals surface area contributed by atoms with E-state index in [1.165, 1.54) is 12.2 Å². The molecule has 0 saturated heterocycles. The highest BCUT2D eigenvalue weighted by molar-refractivity contribution is 6.04. The molecule has 4 nitrogen and oxygen atoms in total. The second kappa shape index (κ2) is 11.8. The van der Waals surface area contributed by atoms with E-state index >= 15 is 0 Å². The average Bonchev–Trinajstić information content (AvgIpc) is 2.51. The standard InChI is InChI=1S/C18H26O4/c1-4-8-16(20)11-12-17(21)10-7-9-14(18(22)6-3)13-15(19)5-2/h7,9,13H,4-6,8,10-12H2,1-3H3. The average molecular weight is 306 g/mol. The summed E-state index contributed by atoms with van der Waals surface area (Å²) in [6.45, 7) is 5.39. The first-order valence-corrected chi connectivity index (χ1v) is 7.92. The van der Waals surface area contributed by atoms with Crippen LogP contribution in [0, 0.1) is 0 Å². The van der Waals surface area contributed by atoms with Crippen molar-refractivity contribution in [2.75, 3.05) is 0 Å². The van der Waals surface area contributed by atoms with Gasteiger partial charge in [0.2, 0.25) is 0 Å². The van der Waals surface area contributed by atoms with E-state index in [-0.39, 0.29) is 42.4 Å². The Bertz CT molecular complexity index is 469. The minimum atomic E-state index is -0.122. The van der Waals surface area contributed by atoms with Crippen LogP contribution in [0.3, 0.4) is 0 Å². The first kappa shape index (κ1) is 20.2. The molecule has 0 aromatic carbocycles. The van der Waals surface area contributed by atoms with Crippen LogP contribution in [0.2, 0.25) is 0 Å². The van der Waals surface area contributed by atoms with Crippen molar-refractivity contribution in [1.82, 2.24) is 0 Å². The van der Waals surface area contributed by atoms with Gasteiger partial charge >= 0.3 is 0 Å². The van der Waals surface area contributed by atoms with Crippen LogP contribution in [0.1, 0.15) is 65.7 Å². The Kier molecular flexibility index (Phi) is 10.8. The van der Waals surface area contributed by atoms with Crippen LogP contribution in [-0.2, 0) is 19.2 Å². The minimum absolute atomic E-state index is 0.0363. The molecule has 0 fully saturated rings. The fourth-order valence-corrected chi connectivity index (χ4v) is 1.80. The van der Waals surface area contributed by atoms with Crippen LogP contribution >= 0.6 is 0 Å². The van der Waals surface area contributed by atoms with Gasteiger partial charge in [0.15, 0.2) is 11.6 Å². The molecule has 0 aliphatic rings. The van der Waals surface area contributed by atoms with Crippen LogP contribution in [-0.4, -0.2) is 23.1 Å². The van der Waals surface area contributed by atoms with E-state index in [1.54, 1.807) is 19.9 Å². The Balaban J connectivity index is 4.49. The number of rotatable bonds is 12. The molecule has 0 amide bonds. The maximum Gasteiger partial charge on any atom is 0.162 e. The van der Waals surface area contributed by atoms with E-state index in [0.717, 1.165) is 6.42 Å². The van der Waals surface area contributed by atoms with Crippen LogP contribution in [0.15, 0.2) is 23.8 Å². The van der Waals surface area contributed by atoms with Crippen LogP contribution in [0.4, 0.5) is 0 Å². The number of Topliss-reactive ketones (excluding diaryl/α,β-unsaturated/α-hetero) is 3. The Labute approximate surface area is 132 Å². The fourth-order valence-electron chi connectivity index (χ4n) is 1.80. The second-order valence-corrected chi connectivity index (χ2v) is 5.13. The molecule has 22 heavy (non-hydrogen) atoms. The molecular formula is C18H26O4. The molecule has 122 valence electrons. The Morgan fingerprint density at radius 2 is 1.45 bits per heavy atom. The number of hydrogen-bond donors (Lipinski definition) is 0. The SMILES string of the molecule is CCCC(=O)CCC(=O)CC=CC(=CC(=O)CC)C(=O)CC. The Morgan fingerprint density at radius 1 is 0.818 bits per heavy atom. The van der Waals surface area contributed by atoms with Gasteiger partial charge in [-0.25, -0.2) is 0 Å². The Morgan fingerprint density at radius 3 is 2.00 bits per heavy atom. The first-order chi connectivity index (χ1) is 10.4.